The van der Waals surface area contributed by atoms with E-state index < -0.39 is 45.4 Å². The summed E-state index contributed by atoms with van der Waals surface area (Å²) in [5.74, 6) is -0.747. The van der Waals surface area contributed by atoms with Crippen LogP contribution in [-0.4, -0.2) is 36.4 Å². The smallest absolute Gasteiger partial charge is 0.416 e. The van der Waals surface area contributed by atoms with E-state index in [0.29, 0.717) is 12.1 Å². The van der Waals surface area contributed by atoms with Crippen molar-refractivity contribution in [2.24, 2.45) is 0 Å². The number of carbonyl (C=O) groups is 1. The quantitative estimate of drug-likeness (QED) is 0.727. The predicted molar refractivity (Wildman–Crippen MR) is 90.9 cm³/mol. The number of rotatable bonds is 4. The summed E-state index contributed by atoms with van der Waals surface area (Å²) in [5.41, 5.74) is -2.73. The Bertz CT molecular complexity index is 742. The van der Waals surface area contributed by atoms with Crippen molar-refractivity contribution in [3.8, 4) is 0 Å². The highest BCUT2D eigenvalue weighted by Crippen LogP contribution is 2.31. The number of sulfonamides is 1. The highest BCUT2D eigenvalue weighted by molar-refractivity contribution is 7.89. The maximum atomic E-state index is 12.9. The fourth-order valence-electron chi connectivity index (χ4n) is 2.12. The molecule has 1 rings (SSSR count). The van der Waals surface area contributed by atoms with Gasteiger partial charge in [-0.25, -0.2) is 8.42 Å². The molecule has 0 aliphatic rings. The van der Waals surface area contributed by atoms with Crippen molar-refractivity contribution in [2.45, 2.75) is 63.8 Å². The zero-order valence-corrected chi connectivity index (χ0v) is 16.5. The second-order valence-corrected chi connectivity index (χ2v) is 9.65. The van der Waals surface area contributed by atoms with Crippen LogP contribution in [-0.2, 0) is 25.7 Å². The van der Waals surface area contributed by atoms with Gasteiger partial charge >= 0.3 is 12.1 Å². The lowest BCUT2D eigenvalue weighted by atomic mass is 10.1. The third kappa shape index (κ3) is 5.98. The van der Waals surface area contributed by atoms with E-state index in [1.807, 2.05) is 0 Å². The van der Waals surface area contributed by atoms with E-state index in [1.54, 1.807) is 41.5 Å². The van der Waals surface area contributed by atoms with Crippen molar-refractivity contribution >= 4 is 16.0 Å². The summed E-state index contributed by atoms with van der Waals surface area (Å²) in [7, 11) is -4.21. The average Bonchev–Trinajstić information content (AvgIpc) is 2.40. The molecular formula is C17H24F3NO4S. The number of carbonyl (C=O) groups excluding carboxylic acids is 1. The van der Waals surface area contributed by atoms with Crippen LogP contribution in [0, 0.1) is 0 Å². The molecule has 0 radical (unpaired) electrons. The number of esters is 1. The van der Waals surface area contributed by atoms with E-state index >= 15 is 0 Å². The standard InChI is InChI=1S/C17H24F3NO4S/c1-15(2,3)21(11-14(22)25-16(4,5)6)26(23,24)13-9-7-12(8-10-13)17(18,19)20/h7-10H,11H2,1-6H3. The van der Waals surface area contributed by atoms with Crippen LogP contribution < -0.4 is 0 Å². The van der Waals surface area contributed by atoms with Crippen molar-refractivity contribution in [3.05, 3.63) is 29.8 Å². The minimum Gasteiger partial charge on any atom is -0.459 e. The predicted octanol–water partition coefficient (Wildman–Crippen LogP) is 3.84. The molecule has 0 aromatic heterocycles. The number of benzene rings is 1. The normalized spacial score (nSPS) is 13.8. The summed E-state index contributed by atoms with van der Waals surface area (Å²) in [4.78, 5) is 11.8. The van der Waals surface area contributed by atoms with E-state index in [4.69, 9.17) is 4.74 Å². The van der Waals surface area contributed by atoms with Gasteiger partial charge in [0.15, 0.2) is 0 Å². The number of hydrogen-bond acceptors (Lipinski definition) is 4. The number of halogens is 3. The number of alkyl halides is 3. The van der Waals surface area contributed by atoms with Crippen molar-refractivity contribution in [1.29, 1.82) is 0 Å². The van der Waals surface area contributed by atoms with Crippen LogP contribution in [0.2, 0.25) is 0 Å². The molecule has 0 unspecified atom stereocenters. The van der Waals surface area contributed by atoms with Gasteiger partial charge in [-0.05, 0) is 65.8 Å². The third-order valence-corrected chi connectivity index (χ3v) is 5.34. The fraction of sp³-hybridized carbons (Fsp3) is 0.588. The van der Waals surface area contributed by atoms with Gasteiger partial charge in [0.05, 0.1) is 10.5 Å². The Kier molecular flexibility index (Phi) is 6.20. The summed E-state index contributed by atoms with van der Waals surface area (Å²) in [5, 5.41) is 0. The first-order chi connectivity index (χ1) is 11.4. The summed E-state index contributed by atoms with van der Waals surface area (Å²) >= 11 is 0. The molecule has 0 heterocycles. The SMILES string of the molecule is CC(C)(C)OC(=O)CN(C(C)(C)C)S(=O)(=O)c1ccc(C(F)(F)F)cc1. The first-order valence-electron chi connectivity index (χ1n) is 7.86. The first-order valence-corrected chi connectivity index (χ1v) is 9.30. The zero-order valence-electron chi connectivity index (χ0n) is 15.6. The lowest BCUT2D eigenvalue weighted by molar-refractivity contribution is -0.155. The molecule has 0 aliphatic carbocycles. The van der Waals surface area contributed by atoms with Gasteiger partial charge in [0.1, 0.15) is 12.1 Å². The van der Waals surface area contributed by atoms with Gasteiger partial charge in [0.2, 0.25) is 10.0 Å². The molecule has 9 heteroatoms. The van der Waals surface area contributed by atoms with E-state index in [-0.39, 0.29) is 4.90 Å². The van der Waals surface area contributed by atoms with Crippen molar-refractivity contribution in [2.75, 3.05) is 6.54 Å². The maximum absolute atomic E-state index is 12.9. The van der Waals surface area contributed by atoms with Gasteiger partial charge < -0.3 is 4.74 Å². The maximum Gasteiger partial charge on any atom is 0.416 e. The van der Waals surface area contributed by atoms with Crippen molar-refractivity contribution < 1.29 is 31.1 Å². The van der Waals surface area contributed by atoms with Gasteiger partial charge in [-0.2, -0.15) is 17.5 Å². The molecule has 0 amide bonds. The van der Waals surface area contributed by atoms with Crippen LogP contribution in [0.3, 0.4) is 0 Å². The Balaban J connectivity index is 3.23. The molecule has 26 heavy (non-hydrogen) atoms. The van der Waals surface area contributed by atoms with Crippen LogP contribution in [0.1, 0.15) is 47.1 Å². The van der Waals surface area contributed by atoms with E-state index in [9.17, 15) is 26.4 Å². The van der Waals surface area contributed by atoms with Gasteiger partial charge in [0, 0.05) is 5.54 Å². The highest BCUT2D eigenvalue weighted by Gasteiger charge is 2.37. The van der Waals surface area contributed by atoms with Crippen LogP contribution in [0.4, 0.5) is 13.2 Å². The average molecular weight is 395 g/mol. The zero-order chi connectivity index (χ0) is 20.6. The molecule has 0 aliphatic heterocycles. The van der Waals surface area contributed by atoms with E-state index in [2.05, 4.69) is 0 Å². The molecule has 5 nitrogen and oxygen atoms in total. The van der Waals surface area contributed by atoms with Gasteiger partial charge in [-0.3, -0.25) is 4.79 Å². The van der Waals surface area contributed by atoms with E-state index in [0.717, 1.165) is 16.4 Å². The minimum absolute atomic E-state index is 0.330. The molecule has 148 valence electrons. The first kappa shape index (κ1) is 22.4. The Morgan fingerprint density at radius 3 is 1.81 bits per heavy atom. The Hall–Kier alpha value is -1.61. The van der Waals surface area contributed by atoms with Crippen molar-refractivity contribution in [1.82, 2.24) is 4.31 Å². The van der Waals surface area contributed by atoms with Gasteiger partial charge in [-0.15, -0.1) is 0 Å². The second-order valence-electron chi connectivity index (χ2n) is 7.79. The highest BCUT2D eigenvalue weighted by atomic mass is 32.2. The topological polar surface area (TPSA) is 63.7 Å². The van der Waals surface area contributed by atoms with Gasteiger partial charge in [0.25, 0.3) is 0 Å². The Morgan fingerprint density at radius 1 is 1.00 bits per heavy atom. The Morgan fingerprint density at radius 2 is 1.46 bits per heavy atom. The van der Waals surface area contributed by atoms with Crippen LogP contribution in [0.15, 0.2) is 29.2 Å². The molecule has 0 atom stereocenters. The monoisotopic (exact) mass is 395 g/mol. The molecule has 0 N–H and O–H groups in total. The number of hydrogen-bond donors (Lipinski definition) is 0. The number of ether oxygens (including phenoxy) is 1. The van der Waals surface area contributed by atoms with E-state index in [1.165, 1.54) is 0 Å². The van der Waals surface area contributed by atoms with Gasteiger partial charge in [-0.1, -0.05) is 0 Å². The molecule has 0 fully saturated rings. The summed E-state index contributed by atoms with van der Waals surface area (Å²) < 4.78 is 69.9. The fourth-order valence-corrected chi connectivity index (χ4v) is 3.85. The minimum atomic E-state index is -4.57. The molecule has 1 aromatic carbocycles. The van der Waals surface area contributed by atoms with Crippen LogP contribution in [0.5, 0.6) is 0 Å². The molecular weight excluding hydrogens is 371 g/mol. The molecule has 0 saturated carbocycles. The summed E-state index contributed by atoms with van der Waals surface area (Å²) in [6, 6.07) is 3.15. The lowest BCUT2D eigenvalue weighted by Gasteiger charge is -2.34. The lowest BCUT2D eigenvalue weighted by Crippen LogP contribution is -2.49. The third-order valence-electron chi connectivity index (χ3n) is 3.21. The van der Waals surface area contributed by atoms with Crippen LogP contribution >= 0.6 is 0 Å². The summed E-state index contributed by atoms with van der Waals surface area (Å²) in [6.07, 6.45) is -4.57. The molecule has 0 bridgehead atoms. The molecule has 0 spiro atoms. The number of nitrogens with zero attached hydrogens (tertiary/aromatic N) is 1. The molecule has 1 aromatic rings. The van der Waals surface area contributed by atoms with Crippen LogP contribution in [0.25, 0.3) is 0 Å². The Labute approximate surface area is 152 Å². The van der Waals surface area contributed by atoms with Crippen molar-refractivity contribution in [3.63, 3.8) is 0 Å². The second kappa shape index (κ2) is 7.19. The largest absolute Gasteiger partial charge is 0.459 e. The summed E-state index contributed by atoms with van der Waals surface area (Å²) in [6.45, 7) is 9.14. The molecule has 0 saturated heterocycles.